The number of amides is 1. The molecule has 1 heterocycles. The fourth-order valence-corrected chi connectivity index (χ4v) is 3.26. The first-order chi connectivity index (χ1) is 12.3. The van der Waals surface area contributed by atoms with Gasteiger partial charge in [0.15, 0.2) is 9.84 Å². The van der Waals surface area contributed by atoms with Crippen LogP contribution in [-0.2, 0) is 15.6 Å². The highest BCUT2D eigenvalue weighted by Crippen LogP contribution is 2.19. The number of nitrogens with one attached hydrogen (secondary N) is 1. The summed E-state index contributed by atoms with van der Waals surface area (Å²) in [6, 6.07) is 11.9. The first-order valence-electron chi connectivity index (χ1n) is 7.74. The highest BCUT2D eigenvalue weighted by Gasteiger charge is 2.10. The fourth-order valence-electron chi connectivity index (χ4n) is 2.46. The summed E-state index contributed by atoms with van der Waals surface area (Å²) < 4.78 is 24.2. The van der Waals surface area contributed by atoms with Gasteiger partial charge in [0, 0.05) is 17.5 Å². The van der Waals surface area contributed by atoms with E-state index in [9.17, 15) is 13.2 Å². The smallest absolute Gasteiger partial charge is 0.255 e. The van der Waals surface area contributed by atoms with E-state index in [1.165, 1.54) is 17.3 Å². The van der Waals surface area contributed by atoms with Gasteiger partial charge in [0.25, 0.3) is 5.91 Å². The number of sulfone groups is 1. The lowest BCUT2D eigenvalue weighted by atomic mass is 10.1. The van der Waals surface area contributed by atoms with Crippen molar-refractivity contribution in [2.75, 3.05) is 11.6 Å². The Bertz CT molecular complexity index is 1030. The van der Waals surface area contributed by atoms with Gasteiger partial charge in [0.05, 0.1) is 11.4 Å². The molecule has 0 saturated carbocycles. The maximum atomic E-state index is 12.4. The minimum absolute atomic E-state index is 0.0534. The van der Waals surface area contributed by atoms with Crippen LogP contribution in [0.1, 0.15) is 21.5 Å². The molecule has 1 N–H and O–H groups in total. The molecular formula is C17H17N5O3S. The van der Waals surface area contributed by atoms with Crippen LogP contribution in [0.3, 0.4) is 0 Å². The lowest BCUT2D eigenvalue weighted by molar-refractivity contribution is 0.102. The van der Waals surface area contributed by atoms with Crippen LogP contribution in [0.2, 0.25) is 0 Å². The second-order valence-electron chi connectivity index (χ2n) is 5.98. The Morgan fingerprint density at radius 3 is 2.50 bits per heavy atom. The molecule has 3 rings (SSSR count). The van der Waals surface area contributed by atoms with Crippen molar-refractivity contribution in [1.82, 2.24) is 20.2 Å². The van der Waals surface area contributed by atoms with Gasteiger partial charge in [-0.25, -0.2) is 13.1 Å². The number of hydrogen-bond acceptors (Lipinski definition) is 6. The Hall–Kier alpha value is -3.07. The molecule has 0 saturated heterocycles. The standard InChI is InChI=1S/C17H17N5O3S/c1-12-3-8-15(9-16(12)22-11-18-20-21-22)19-17(23)14-6-4-13(5-7-14)10-26(2,24)25/h3-9,11H,10H2,1-2H3,(H,19,23). The number of aryl methyl sites for hydroxylation is 1. The van der Waals surface area contributed by atoms with Gasteiger partial charge in [0.2, 0.25) is 0 Å². The molecule has 2 aromatic carbocycles. The molecular weight excluding hydrogens is 354 g/mol. The van der Waals surface area contributed by atoms with E-state index in [0.29, 0.717) is 16.8 Å². The van der Waals surface area contributed by atoms with Crippen LogP contribution in [0.5, 0.6) is 0 Å². The maximum absolute atomic E-state index is 12.4. The Morgan fingerprint density at radius 1 is 1.15 bits per heavy atom. The van der Waals surface area contributed by atoms with Crippen LogP contribution in [0.15, 0.2) is 48.8 Å². The highest BCUT2D eigenvalue weighted by molar-refractivity contribution is 7.89. The van der Waals surface area contributed by atoms with E-state index in [4.69, 9.17) is 0 Å². The van der Waals surface area contributed by atoms with Crippen molar-refractivity contribution >= 4 is 21.4 Å². The maximum Gasteiger partial charge on any atom is 0.255 e. The van der Waals surface area contributed by atoms with Gasteiger partial charge < -0.3 is 5.32 Å². The number of nitrogens with zero attached hydrogens (tertiary/aromatic N) is 4. The van der Waals surface area contributed by atoms with E-state index in [2.05, 4.69) is 20.8 Å². The molecule has 0 aliphatic carbocycles. The summed E-state index contributed by atoms with van der Waals surface area (Å²) in [5, 5.41) is 13.9. The fraction of sp³-hybridized carbons (Fsp3) is 0.176. The summed E-state index contributed by atoms with van der Waals surface area (Å²) in [6.07, 6.45) is 2.65. The minimum Gasteiger partial charge on any atom is -0.322 e. The van der Waals surface area contributed by atoms with Crippen molar-refractivity contribution in [2.24, 2.45) is 0 Å². The zero-order valence-corrected chi connectivity index (χ0v) is 15.1. The van der Waals surface area contributed by atoms with E-state index < -0.39 is 9.84 Å². The molecule has 0 fully saturated rings. The number of carbonyl (C=O) groups is 1. The van der Waals surface area contributed by atoms with Gasteiger partial charge in [-0.3, -0.25) is 4.79 Å². The average molecular weight is 371 g/mol. The molecule has 1 aromatic heterocycles. The molecule has 9 heteroatoms. The monoisotopic (exact) mass is 371 g/mol. The quantitative estimate of drug-likeness (QED) is 0.732. The first-order valence-corrected chi connectivity index (χ1v) is 9.80. The van der Waals surface area contributed by atoms with Crippen LogP contribution in [0.25, 0.3) is 5.69 Å². The minimum atomic E-state index is -3.11. The molecule has 0 radical (unpaired) electrons. The third-order valence-corrected chi connectivity index (χ3v) is 4.57. The average Bonchev–Trinajstić information content (AvgIpc) is 3.10. The van der Waals surface area contributed by atoms with E-state index in [1.807, 2.05) is 13.0 Å². The Balaban J connectivity index is 1.77. The number of rotatable bonds is 5. The zero-order valence-electron chi connectivity index (χ0n) is 14.2. The highest BCUT2D eigenvalue weighted by atomic mass is 32.2. The third kappa shape index (κ3) is 4.31. The molecule has 0 spiro atoms. The SMILES string of the molecule is Cc1ccc(NC(=O)c2ccc(CS(C)(=O)=O)cc2)cc1-n1cnnn1. The molecule has 0 aliphatic heterocycles. The number of tetrazole rings is 1. The summed E-state index contributed by atoms with van der Waals surface area (Å²) in [5.74, 6) is -0.343. The third-order valence-electron chi connectivity index (χ3n) is 3.71. The van der Waals surface area contributed by atoms with Crippen LogP contribution < -0.4 is 5.32 Å². The summed E-state index contributed by atoms with van der Waals surface area (Å²) in [4.78, 5) is 12.4. The molecule has 0 atom stereocenters. The number of benzene rings is 2. The Morgan fingerprint density at radius 2 is 1.88 bits per heavy atom. The molecule has 3 aromatic rings. The molecule has 0 bridgehead atoms. The van der Waals surface area contributed by atoms with Gasteiger partial charge in [0.1, 0.15) is 6.33 Å². The molecule has 8 nitrogen and oxygen atoms in total. The predicted octanol–water partition coefficient (Wildman–Crippen LogP) is 1.77. The largest absolute Gasteiger partial charge is 0.322 e. The van der Waals surface area contributed by atoms with E-state index >= 15 is 0 Å². The lowest BCUT2D eigenvalue weighted by Crippen LogP contribution is -2.12. The van der Waals surface area contributed by atoms with Gasteiger partial charge in [-0.1, -0.05) is 18.2 Å². The van der Waals surface area contributed by atoms with Crippen LogP contribution in [0, 0.1) is 6.92 Å². The van der Waals surface area contributed by atoms with Crippen molar-refractivity contribution in [2.45, 2.75) is 12.7 Å². The summed E-state index contributed by atoms with van der Waals surface area (Å²) in [6.45, 7) is 1.92. The van der Waals surface area contributed by atoms with Crippen molar-refractivity contribution < 1.29 is 13.2 Å². The predicted molar refractivity (Wildman–Crippen MR) is 96.8 cm³/mol. The lowest BCUT2D eigenvalue weighted by Gasteiger charge is -2.10. The molecule has 134 valence electrons. The number of aromatic nitrogens is 4. The van der Waals surface area contributed by atoms with E-state index in [0.717, 1.165) is 11.3 Å². The normalized spacial score (nSPS) is 11.3. The van der Waals surface area contributed by atoms with E-state index in [-0.39, 0.29) is 11.7 Å². The van der Waals surface area contributed by atoms with Gasteiger partial charge in [-0.15, -0.1) is 5.10 Å². The molecule has 1 amide bonds. The van der Waals surface area contributed by atoms with Crippen molar-refractivity contribution in [3.8, 4) is 5.69 Å². The Kier molecular flexibility index (Phi) is 4.81. The van der Waals surface area contributed by atoms with Gasteiger partial charge in [-0.2, -0.15) is 0 Å². The molecule has 26 heavy (non-hydrogen) atoms. The Labute approximate surface area is 150 Å². The van der Waals surface area contributed by atoms with E-state index in [1.54, 1.807) is 36.4 Å². The van der Waals surface area contributed by atoms with Gasteiger partial charge in [-0.05, 0) is 52.7 Å². The number of anilines is 1. The first kappa shape index (κ1) is 17.7. The van der Waals surface area contributed by atoms with Crippen LogP contribution in [-0.4, -0.2) is 40.8 Å². The molecule has 0 aliphatic rings. The molecule has 0 unspecified atom stereocenters. The zero-order chi connectivity index (χ0) is 18.7. The second-order valence-corrected chi connectivity index (χ2v) is 8.12. The number of carbonyl (C=O) groups excluding carboxylic acids is 1. The van der Waals surface area contributed by atoms with Gasteiger partial charge >= 0.3 is 0 Å². The summed E-state index contributed by atoms with van der Waals surface area (Å²) in [5.41, 5.74) is 3.40. The van der Waals surface area contributed by atoms with Crippen molar-refractivity contribution in [1.29, 1.82) is 0 Å². The van der Waals surface area contributed by atoms with Crippen molar-refractivity contribution in [3.63, 3.8) is 0 Å². The van der Waals surface area contributed by atoms with Crippen LogP contribution in [0.4, 0.5) is 5.69 Å². The van der Waals surface area contributed by atoms with Crippen molar-refractivity contribution in [3.05, 3.63) is 65.5 Å². The summed E-state index contributed by atoms with van der Waals surface area (Å²) >= 11 is 0. The second kappa shape index (κ2) is 7.04. The van der Waals surface area contributed by atoms with Crippen LogP contribution >= 0.6 is 0 Å². The summed E-state index contributed by atoms with van der Waals surface area (Å²) in [7, 11) is -3.11. The topological polar surface area (TPSA) is 107 Å². The number of hydrogen-bond donors (Lipinski definition) is 1.